The molecule has 0 amide bonds. The van der Waals surface area contributed by atoms with Crippen LogP contribution in [0.3, 0.4) is 0 Å². The van der Waals surface area contributed by atoms with Crippen LogP contribution in [0.1, 0.15) is 0 Å². The summed E-state index contributed by atoms with van der Waals surface area (Å²) in [5.41, 5.74) is 1.57. The number of aromatic nitrogens is 3. The van der Waals surface area contributed by atoms with Crippen LogP contribution in [0.15, 0.2) is 57.9 Å². The van der Waals surface area contributed by atoms with E-state index in [-0.39, 0.29) is 5.56 Å². The van der Waals surface area contributed by atoms with Crippen molar-refractivity contribution >= 4 is 44.2 Å². The first kappa shape index (κ1) is 15.2. The molecule has 120 valence electrons. The van der Waals surface area contributed by atoms with E-state index in [2.05, 4.69) is 9.97 Å². The zero-order valence-corrected chi connectivity index (χ0v) is 14.4. The van der Waals surface area contributed by atoms with Gasteiger partial charge in [0.2, 0.25) is 0 Å². The minimum absolute atomic E-state index is 0.0590. The second-order valence-electron chi connectivity index (χ2n) is 5.12. The van der Waals surface area contributed by atoms with Gasteiger partial charge in [0.05, 0.1) is 40.4 Å². The van der Waals surface area contributed by atoms with Gasteiger partial charge < -0.3 is 4.74 Å². The van der Waals surface area contributed by atoms with Crippen LogP contribution in [0.4, 0.5) is 0 Å². The maximum atomic E-state index is 12.6. The van der Waals surface area contributed by atoms with E-state index in [4.69, 9.17) is 4.74 Å². The predicted molar refractivity (Wildman–Crippen MR) is 98.0 cm³/mol. The van der Waals surface area contributed by atoms with E-state index in [0.717, 1.165) is 14.6 Å². The fraction of sp³-hybridized carbons (Fsp3) is 0.118. The minimum Gasteiger partial charge on any atom is -0.497 e. The highest BCUT2D eigenvalue weighted by Gasteiger charge is 2.08. The van der Waals surface area contributed by atoms with Gasteiger partial charge in [-0.15, -0.1) is 11.3 Å². The summed E-state index contributed by atoms with van der Waals surface area (Å²) < 4.78 is 8.86. The van der Waals surface area contributed by atoms with Gasteiger partial charge in [0.15, 0.2) is 4.34 Å². The molecule has 4 rings (SSSR count). The van der Waals surface area contributed by atoms with E-state index in [0.29, 0.717) is 22.5 Å². The predicted octanol–water partition coefficient (Wildman–Crippen LogP) is 3.76. The molecule has 4 aromatic rings. The number of methoxy groups -OCH3 is 1. The molecule has 2 heterocycles. The molecule has 2 aromatic heterocycles. The molecule has 7 heteroatoms. The van der Waals surface area contributed by atoms with Crippen LogP contribution in [-0.2, 0) is 5.88 Å². The molecule has 5 nitrogen and oxygen atoms in total. The Morgan fingerprint density at radius 2 is 2.08 bits per heavy atom. The zero-order chi connectivity index (χ0) is 16.5. The first-order valence-corrected chi connectivity index (χ1v) is 9.06. The molecule has 24 heavy (non-hydrogen) atoms. The number of thioether (sulfide) groups is 1. The molecule has 0 bridgehead atoms. The van der Waals surface area contributed by atoms with Crippen LogP contribution in [0, 0.1) is 0 Å². The molecule has 0 atom stereocenters. The lowest BCUT2D eigenvalue weighted by atomic mass is 10.2. The quantitative estimate of drug-likeness (QED) is 0.522. The van der Waals surface area contributed by atoms with Crippen LogP contribution in [0.25, 0.3) is 21.1 Å². The van der Waals surface area contributed by atoms with E-state index in [1.165, 1.54) is 11.8 Å². The molecule has 0 aliphatic carbocycles. The number of fused-ring (bicyclic) bond motifs is 2. The van der Waals surface area contributed by atoms with Gasteiger partial charge in [-0.2, -0.15) is 0 Å². The lowest BCUT2D eigenvalue weighted by molar-refractivity contribution is 0.415. The van der Waals surface area contributed by atoms with Gasteiger partial charge in [-0.05, 0) is 24.3 Å². The number of hydrogen-bond acceptors (Lipinski definition) is 6. The Kier molecular flexibility index (Phi) is 3.95. The summed E-state index contributed by atoms with van der Waals surface area (Å²) in [6.07, 6.45) is 1.57. The molecule has 2 aromatic carbocycles. The number of nitrogens with zero attached hydrogens (tertiary/aromatic N) is 3. The van der Waals surface area contributed by atoms with Gasteiger partial charge >= 0.3 is 0 Å². The van der Waals surface area contributed by atoms with Gasteiger partial charge in [0.1, 0.15) is 5.75 Å². The summed E-state index contributed by atoms with van der Waals surface area (Å²) in [6.45, 7) is 0. The molecule has 0 unspecified atom stereocenters. The van der Waals surface area contributed by atoms with Crippen molar-refractivity contribution in [2.75, 3.05) is 7.11 Å². The molecule has 0 fully saturated rings. The lowest BCUT2D eigenvalue weighted by Crippen LogP contribution is -2.19. The van der Waals surface area contributed by atoms with Crippen LogP contribution < -0.4 is 10.3 Å². The summed E-state index contributed by atoms with van der Waals surface area (Å²) in [4.78, 5) is 21.5. The lowest BCUT2D eigenvalue weighted by Gasteiger charge is -2.06. The van der Waals surface area contributed by atoms with Crippen molar-refractivity contribution in [2.24, 2.45) is 0 Å². The average Bonchev–Trinajstić information content (AvgIpc) is 3.03. The van der Waals surface area contributed by atoms with Crippen molar-refractivity contribution in [1.29, 1.82) is 0 Å². The van der Waals surface area contributed by atoms with Crippen molar-refractivity contribution in [3.05, 3.63) is 59.1 Å². The second kappa shape index (κ2) is 6.26. The van der Waals surface area contributed by atoms with Crippen molar-refractivity contribution < 1.29 is 4.74 Å². The largest absolute Gasteiger partial charge is 0.497 e. The Hall–Kier alpha value is -2.38. The number of thiazole rings is 1. The smallest absolute Gasteiger partial charge is 0.261 e. The molecule has 0 spiro atoms. The molecule has 0 aliphatic heterocycles. The number of benzene rings is 2. The van der Waals surface area contributed by atoms with Gasteiger partial charge in [0, 0.05) is 6.07 Å². The van der Waals surface area contributed by atoms with Gasteiger partial charge in [-0.1, -0.05) is 23.9 Å². The third-order valence-electron chi connectivity index (χ3n) is 3.63. The zero-order valence-electron chi connectivity index (χ0n) is 12.8. The Bertz CT molecular complexity index is 1060. The summed E-state index contributed by atoms with van der Waals surface area (Å²) in [7, 11) is 1.59. The molecule has 0 aliphatic rings. The van der Waals surface area contributed by atoms with Crippen LogP contribution in [0.2, 0.25) is 0 Å². The first-order chi connectivity index (χ1) is 11.7. The van der Waals surface area contributed by atoms with E-state index in [9.17, 15) is 4.79 Å². The van der Waals surface area contributed by atoms with Crippen molar-refractivity contribution in [1.82, 2.24) is 14.5 Å². The van der Waals surface area contributed by atoms with Crippen molar-refractivity contribution in [3.8, 4) is 5.75 Å². The normalized spacial score (nSPS) is 11.2. The fourth-order valence-corrected chi connectivity index (χ4v) is 4.35. The molecular formula is C17H13N3O2S2. The molecule has 0 N–H and O–H groups in total. The Balaban J connectivity index is 1.62. The monoisotopic (exact) mass is 355 g/mol. The van der Waals surface area contributed by atoms with Gasteiger partial charge in [-0.25, -0.2) is 9.97 Å². The third-order valence-corrected chi connectivity index (χ3v) is 5.81. The SMILES string of the molecule is COc1ccc2c(=O)n(CSc3nc4ccccc4s3)cnc2c1. The van der Waals surface area contributed by atoms with E-state index >= 15 is 0 Å². The van der Waals surface area contributed by atoms with Crippen LogP contribution in [0.5, 0.6) is 5.75 Å². The third kappa shape index (κ3) is 2.76. The van der Waals surface area contributed by atoms with E-state index in [1.54, 1.807) is 47.5 Å². The fourth-order valence-electron chi connectivity index (χ4n) is 2.39. The highest BCUT2D eigenvalue weighted by molar-refractivity contribution is 8.00. The van der Waals surface area contributed by atoms with E-state index in [1.807, 2.05) is 24.3 Å². The summed E-state index contributed by atoms with van der Waals surface area (Å²) in [5, 5.41) is 0.586. The van der Waals surface area contributed by atoms with Crippen molar-refractivity contribution in [2.45, 2.75) is 10.2 Å². The first-order valence-electron chi connectivity index (χ1n) is 7.26. The van der Waals surface area contributed by atoms with Crippen LogP contribution in [-0.4, -0.2) is 21.6 Å². The number of ether oxygens (including phenoxy) is 1. The minimum atomic E-state index is -0.0590. The summed E-state index contributed by atoms with van der Waals surface area (Å²) >= 11 is 3.17. The van der Waals surface area contributed by atoms with Crippen molar-refractivity contribution in [3.63, 3.8) is 0 Å². The molecule has 0 saturated carbocycles. The summed E-state index contributed by atoms with van der Waals surface area (Å²) in [5.74, 6) is 1.17. The average molecular weight is 355 g/mol. The Morgan fingerprint density at radius 3 is 2.92 bits per heavy atom. The Morgan fingerprint density at radius 1 is 1.21 bits per heavy atom. The number of para-hydroxylation sites is 1. The van der Waals surface area contributed by atoms with Gasteiger partial charge in [-0.3, -0.25) is 9.36 Å². The summed E-state index contributed by atoms with van der Waals surface area (Å²) in [6, 6.07) is 13.3. The maximum Gasteiger partial charge on any atom is 0.261 e. The maximum absolute atomic E-state index is 12.6. The molecule has 0 radical (unpaired) electrons. The molecule has 0 saturated heterocycles. The number of hydrogen-bond donors (Lipinski definition) is 0. The number of rotatable bonds is 4. The van der Waals surface area contributed by atoms with Crippen LogP contribution >= 0.6 is 23.1 Å². The highest BCUT2D eigenvalue weighted by Crippen LogP contribution is 2.29. The highest BCUT2D eigenvalue weighted by atomic mass is 32.2. The standard InChI is InChI=1S/C17H13N3O2S2/c1-22-11-6-7-12-14(8-11)18-9-20(16(12)21)10-23-17-19-13-4-2-3-5-15(13)24-17/h2-9H,10H2,1H3. The Labute approximate surface area is 145 Å². The van der Waals surface area contributed by atoms with E-state index < -0.39 is 0 Å². The second-order valence-corrected chi connectivity index (χ2v) is 7.35. The molecular weight excluding hydrogens is 342 g/mol. The van der Waals surface area contributed by atoms with Gasteiger partial charge in [0.25, 0.3) is 5.56 Å². The topological polar surface area (TPSA) is 57.0 Å².